The van der Waals surface area contributed by atoms with E-state index in [1.165, 1.54) is 0 Å². The molecule has 0 fully saturated rings. The van der Waals surface area contributed by atoms with Gasteiger partial charge in [-0.1, -0.05) is 48.6 Å². The first-order valence-electron chi connectivity index (χ1n) is 7.40. The standard InChI is InChI=1S/C18H30O/c1-4-6-8-10-12-14-16-18(3,19)17-15-13-11-9-7-5-2/h4-11,19H,12-17H2,1-3H3. The van der Waals surface area contributed by atoms with Crippen molar-refractivity contribution in [3.05, 3.63) is 48.6 Å². The van der Waals surface area contributed by atoms with E-state index in [2.05, 4.69) is 24.3 Å². The molecule has 0 spiro atoms. The number of allylic oxidation sites excluding steroid dienone is 8. The van der Waals surface area contributed by atoms with Crippen molar-refractivity contribution >= 4 is 0 Å². The van der Waals surface area contributed by atoms with Crippen LogP contribution in [0.15, 0.2) is 48.6 Å². The molecule has 0 atom stereocenters. The van der Waals surface area contributed by atoms with Crippen molar-refractivity contribution in [3.8, 4) is 0 Å². The lowest BCUT2D eigenvalue weighted by atomic mass is 9.93. The van der Waals surface area contributed by atoms with Crippen molar-refractivity contribution in [2.24, 2.45) is 0 Å². The number of rotatable bonds is 10. The fourth-order valence-electron chi connectivity index (χ4n) is 1.90. The smallest absolute Gasteiger partial charge is 0.0620 e. The molecule has 0 aromatic heterocycles. The highest BCUT2D eigenvalue weighted by atomic mass is 16.3. The lowest BCUT2D eigenvalue weighted by Crippen LogP contribution is -2.23. The second kappa shape index (κ2) is 12.0. The molecule has 0 aliphatic heterocycles. The molecule has 0 saturated carbocycles. The van der Waals surface area contributed by atoms with Gasteiger partial charge in [-0.3, -0.25) is 0 Å². The topological polar surface area (TPSA) is 20.2 Å². The van der Waals surface area contributed by atoms with Crippen LogP contribution in [0, 0.1) is 0 Å². The lowest BCUT2D eigenvalue weighted by molar-refractivity contribution is 0.0385. The first kappa shape index (κ1) is 17.9. The summed E-state index contributed by atoms with van der Waals surface area (Å²) in [7, 11) is 0. The van der Waals surface area contributed by atoms with E-state index in [9.17, 15) is 5.11 Å². The van der Waals surface area contributed by atoms with E-state index >= 15 is 0 Å². The Morgan fingerprint density at radius 3 is 1.58 bits per heavy atom. The van der Waals surface area contributed by atoms with Gasteiger partial charge < -0.3 is 5.11 Å². The maximum atomic E-state index is 10.2. The number of hydrogen-bond acceptors (Lipinski definition) is 1. The summed E-state index contributed by atoms with van der Waals surface area (Å²) in [5.41, 5.74) is -0.511. The minimum absolute atomic E-state index is 0.511. The predicted molar refractivity (Wildman–Crippen MR) is 86.2 cm³/mol. The predicted octanol–water partition coefficient (Wildman–Crippen LogP) is 5.34. The SMILES string of the molecule is CC=CC=CCCCC(C)(O)CCCC=CC=CC. The van der Waals surface area contributed by atoms with Gasteiger partial charge in [0.05, 0.1) is 5.60 Å². The molecule has 0 aromatic rings. The summed E-state index contributed by atoms with van der Waals surface area (Å²) in [4.78, 5) is 0. The largest absolute Gasteiger partial charge is 0.390 e. The quantitative estimate of drug-likeness (QED) is 0.416. The average molecular weight is 262 g/mol. The fourth-order valence-corrected chi connectivity index (χ4v) is 1.90. The molecule has 0 saturated heterocycles. The van der Waals surface area contributed by atoms with Crippen LogP contribution in [0.5, 0.6) is 0 Å². The third-order valence-corrected chi connectivity index (χ3v) is 3.05. The Balaban J connectivity index is 3.67. The lowest BCUT2D eigenvalue weighted by Gasteiger charge is -2.22. The Bertz CT molecular complexity index is 276. The van der Waals surface area contributed by atoms with Crippen molar-refractivity contribution in [2.45, 2.75) is 64.9 Å². The molecular formula is C18H30O. The van der Waals surface area contributed by atoms with Gasteiger partial charge in [0.25, 0.3) is 0 Å². The molecular weight excluding hydrogens is 232 g/mol. The van der Waals surface area contributed by atoms with Crippen LogP contribution in [-0.4, -0.2) is 10.7 Å². The Labute approximate surface area is 119 Å². The van der Waals surface area contributed by atoms with Gasteiger partial charge in [-0.2, -0.15) is 0 Å². The summed E-state index contributed by atoms with van der Waals surface area (Å²) in [5.74, 6) is 0. The first-order valence-corrected chi connectivity index (χ1v) is 7.40. The van der Waals surface area contributed by atoms with Crippen molar-refractivity contribution in [2.75, 3.05) is 0 Å². The fraction of sp³-hybridized carbons (Fsp3) is 0.556. The Morgan fingerprint density at radius 1 is 0.789 bits per heavy atom. The van der Waals surface area contributed by atoms with Crippen LogP contribution >= 0.6 is 0 Å². The van der Waals surface area contributed by atoms with E-state index in [0.29, 0.717) is 0 Å². The third-order valence-electron chi connectivity index (χ3n) is 3.05. The molecule has 0 heterocycles. The summed E-state index contributed by atoms with van der Waals surface area (Å²) >= 11 is 0. The molecule has 19 heavy (non-hydrogen) atoms. The molecule has 0 radical (unpaired) electrons. The maximum Gasteiger partial charge on any atom is 0.0620 e. The van der Waals surface area contributed by atoms with E-state index in [-0.39, 0.29) is 0 Å². The van der Waals surface area contributed by atoms with Gasteiger partial charge in [0, 0.05) is 0 Å². The van der Waals surface area contributed by atoms with Gasteiger partial charge in [0.2, 0.25) is 0 Å². The number of aliphatic hydroxyl groups is 1. The number of unbranched alkanes of at least 4 members (excludes halogenated alkanes) is 2. The summed E-state index contributed by atoms with van der Waals surface area (Å²) in [6, 6.07) is 0. The summed E-state index contributed by atoms with van der Waals surface area (Å²) in [6.45, 7) is 5.98. The van der Waals surface area contributed by atoms with Crippen LogP contribution in [-0.2, 0) is 0 Å². The molecule has 0 bridgehead atoms. The summed E-state index contributed by atoms with van der Waals surface area (Å²) in [5, 5.41) is 10.2. The third kappa shape index (κ3) is 13.2. The minimum atomic E-state index is -0.511. The minimum Gasteiger partial charge on any atom is -0.390 e. The second-order valence-corrected chi connectivity index (χ2v) is 5.19. The van der Waals surface area contributed by atoms with E-state index in [1.54, 1.807) is 0 Å². The summed E-state index contributed by atoms with van der Waals surface area (Å²) < 4.78 is 0. The monoisotopic (exact) mass is 262 g/mol. The highest BCUT2D eigenvalue weighted by molar-refractivity contribution is 5.01. The van der Waals surface area contributed by atoms with Gasteiger partial charge in [-0.05, 0) is 59.3 Å². The van der Waals surface area contributed by atoms with Crippen molar-refractivity contribution in [1.29, 1.82) is 0 Å². The van der Waals surface area contributed by atoms with Crippen molar-refractivity contribution in [1.82, 2.24) is 0 Å². The highest BCUT2D eigenvalue weighted by Gasteiger charge is 2.18. The van der Waals surface area contributed by atoms with Crippen LogP contribution in [0.4, 0.5) is 0 Å². The van der Waals surface area contributed by atoms with E-state index < -0.39 is 5.60 Å². The molecule has 0 rings (SSSR count). The zero-order valence-electron chi connectivity index (χ0n) is 12.8. The van der Waals surface area contributed by atoms with Crippen LogP contribution in [0.1, 0.15) is 59.3 Å². The van der Waals surface area contributed by atoms with Crippen LogP contribution in [0.2, 0.25) is 0 Å². The zero-order valence-corrected chi connectivity index (χ0v) is 12.8. The van der Waals surface area contributed by atoms with Crippen molar-refractivity contribution in [3.63, 3.8) is 0 Å². The normalized spacial score (nSPS) is 16.2. The molecule has 108 valence electrons. The van der Waals surface area contributed by atoms with Gasteiger partial charge >= 0.3 is 0 Å². The van der Waals surface area contributed by atoms with Crippen LogP contribution in [0.25, 0.3) is 0 Å². The molecule has 1 heteroatoms. The van der Waals surface area contributed by atoms with Gasteiger partial charge in [-0.15, -0.1) is 0 Å². The zero-order chi connectivity index (χ0) is 14.4. The second-order valence-electron chi connectivity index (χ2n) is 5.19. The highest BCUT2D eigenvalue weighted by Crippen LogP contribution is 2.20. The Hall–Kier alpha value is -1.08. The first-order chi connectivity index (χ1) is 9.12. The van der Waals surface area contributed by atoms with Gasteiger partial charge in [0.1, 0.15) is 0 Å². The molecule has 0 aromatic carbocycles. The number of hydrogen-bond donors (Lipinski definition) is 1. The van der Waals surface area contributed by atoms with Gasteiger partial charge in [0.15, 0.2) is 0 Å². The van der Waals surface area contributed by atoms with E-state index in [1.807, 2.05) is 45.1 Å². The van der Waals surface area contributed by atoms with E-state index in [4.69, 9.17) is 0 Å². The van der Waals surface area contributed by atoms with E-state index in [0.717, 1.165) is 38.5 Å². The van der Waals surface area contributed by atoms with Crippen LogP contribution in [0.3, 0.4) is 0 Å². The van der Waals surface area contributed by atoms with Crippen molar-refractivity contribution < 1.29 is 5.11 Å². The molecule has 1 nitrogen and oxygen atoms in total. The Kier molecular flexibility index (Phi) is 11.3. The molecule has 0 aliphatic carbocycles. The van der Waals surface area contributed by atoms with Crippen LogP contribution < -0.4 is 0 Å². The molecule has 1 N–H and O–H groups in total. The summed E-state index contributed by atoms with van der Waals surface area (Å²) in [6.07, 6.45) is 22.5. The molecule has 0 unspecified atom stereocenters. The maximum absolute atomic E-state index is 10.2. The van der Waals surface area contributed by atoms with Gasteiger partial charge in [-0.25, -0.2) is 0 Å². The average Bonchev–Trinajstić information content (AvgIpc) is 2.38. The molecule has 0 amide bonds. The molecule has 0 aliphatic rings. The Morgan fingerprint density at radius 2 is 1.21 bits per heavy atom.